The van der Waals surface area contributed by atoms with Gasteiger partial charge in [0.1, 0.15) is 23.2 Å². The van der Waals surface area contributed by atoms with Gasteiger partial charge < -0.3 is 30.7 Å². The second kappa shape index (κ2) is 10.8. The Balaban J connectivity index is 2.52. The molecule has 0 saturated heterocycles. The molecular weight excluding hydrogens is 388 g/mol. The highest BCUT2D eigenvalue weighted by molar-refractivity contribution is 7.80. The van der Waals surface area contributed by atoms with Crippen molar-refractivity contribution in [2.45, 2.75) is 26.4 Å². The van der Waals surface area contributed by atoms with E-state index in [2.05, 4.69) is 23.3 Å². The lowest BCUT2D eigenvalue weighted by atomic mass is 9.87. The maximum Gasteiger partial charge on any atom is 0.341 e. The molecule has 1 rings (SSSR count). The first-order chi connectivity index (χ1) is 13.1. The minimum absolute atomic E-state index is 0.0472. The van der Waals surface area contributed by atoms with E-state index in [4.69, 9.17) is 4.74 Å². The van der Waals surface area contributed by atoms with Crippen molar-refractivity contribution >= 4 is 30.4 Å². The van der Waals surface area contributed by atoms with Crippen molar-refractivity contribution in [3.63, 3.8) is 0 Å². The third kappa shape index (κ3) is 7.28. The number of nitrogens with one attached hydrogen (secondary N) is 2. The van der Waals surface area contributed by atoms with Crippen LogP contribution in [-0.4, -0.2) is 64.7 Å². The Morgan fingerprint density at radius 2 is 1.86 bits per heavy atom. The standard InChI is InChI=1S/C18H26N2O7S/c1-18(2,10-27-17(26)12-4-3-11(21)9-13(12)22)15(24)16(25)20-6-5-14(23)19-7-8-28/h3-4,9,15,21-22,24,28H,5-8,10H2,1-2H3,(H,19,23)(H,20,25). The van der Waals surface area contributed by atoms with Gasteiger partial charge in [-0.1, -0.05) is 13.8 Å². The molecule has 28 heavy (non-hydrogen) atoms. The summed E-state index contributed by atoms with van der Waals surface area (Å²) in [5.41, 5.74) is -1.28. The molecule has 0 aromatic heterocycles. The average Bonchev–Trinajstić information content (AvgIpc) is 2.63. The van der Waals surface area contributed by atoms with Gasteiger partial charge in [-0.05, 0) is 12.1 Å². The molecule has 0 radical (unpaired) electrons. The number of thiol groups is 1. The first-order valence-electron chi connectivity index (χ1n) is 8.61. The van der Waals surface area contributed by atoms with Crippen molar-refractivity contribution in [2.75, 3.05) is 25.4 Å². The molecule has 156 valence electrons. The van der Waals surface area contributed by atoms with E-state index in [0.717, 1.165) is 6.07 Å². The van der Waals surface area contributed by atoms with Crippen LogP contribution in [-0.2, 0) is 14.3 Å². The molecule has 0 heterocycles. The van der Waals surface area contributed by atoms with E-state index in [-0.39, 0.29) is 36.8 Å². The van der Waals surface area contributed by atoms with Crippen molar-refractivity contribution in [1.29, 1.82) is 0 Å². The van der Waals surface area contributed by atoms with Crippen LogP contribution in [0.25, 0.3) is 0 Å². The summed E-state index contributed by atoms with van der Waals surface area (Å²) in [5.74, 6) is -1.95. The Labute approximate surface area is 168 Å². The second-order valence-corrected chi connectivity index (χ2v) is 7.23. The summed E-state index contributed by atoms with van der Waals surface area (Å²) >= 11 is 3.97. The molecule has 1 unspecified atom stereocenters. The van der Waals surface area contributed by atoms with Crippen molar-refractivity contribution in [3.05, 3.63) is 23.8 Å². The number of carbonyl (C=O) groups excluding carboxylic acids is 3. The van der Waals surface area contributed by atoms with Crippen LogP contribution in [0, 0.1) is 5.41 Å². The third-order valence-electron chi connectivity index (χ3n) is 3.85. The number of esters is 1. The second-order valence-electron chi connectivity index (χ2n) is 6.78. The highest BCUT2D eigenvalue weighted by Crippen LogP contribution is 2.26. The third-order valence-corrected chi connectivity index (χ3v) is 4.07. The number of ether oxygens (including phenoxy) is 1. The SMILES string of the molecule is CC(C)(COC(=O)c1ccc(O)cc1O)C(O)C(=O)NCCC(=O)NCCS. The molecule has 9 nitrogen and oxygen atoms in total. The quantitative estimate of drug-likeness (QED) is 0.237. The monoisotopic (exact) mass is 414 g/mol. The number of rotatable bonds is 10. The summed E-state index contributed by atoms with van der Waals surface area (Å²) in [6.07, 6.45) is -1.43. The molecule has 0 bridgehead atoms. The molecule has 5 N–H and O–H groups in total. The lowest BCUT2D eigenvalue weighted by molar-refractivity contribution is -0.137. The summed E-state index contributed by atoms with van der Waals surface area (Å²) in [7, 11) is 0. The van der Waals surface area contributed by atoms with Gasteiger partial charge in [0.25, 0.3) is 0 Å². The normalized spacial score (nSPS) is 12.1. The van der Waals surface area contributed by atoms with Gasteiger partial charge in [0, 0.05) is 36.7 Å². The minimum Gasteiger partial charge on any atom is -0.508 e. The maximum atomic E-state index is 12.1. The number of aliphatic hydroxyl groups excluding tert-OH is 1. The lowest BCUT2D eigenvalue weighted by Crippen LogP contribution is -2.47. The molecule has 1 aromatic rings. The molecule has 0 spiro atoms. The van der Waals surface area contributed by atoms with Crippen molar-refractivity contribution in [1.82, 2.24) is 10.6 Å². The predicted octanol–water partition coefficient (Wildman–Crippen LogP) is 0.194. The van der Waals surface area contributed by atoms with Crippen LogP contribution < -0.4 is 10.6 Å². The summed E-state index contributed by atoms with van der Waals surface area (Å²) in [6, 6.07) is 3.41. The number of hydrogen-bond acceptors (Lipinski definition) is 8. The van der Waals surface area contributed by atoms with Gasteiger partial charge in [-0.2, -0.15) is 12.6 Å². The summed E-state index contributed by atoms with van der Waals surface area (Å²) in [4.78, 5) is 35.6. The molecule has 0 aliphatic carbocycles. The summed E-state index contributed by atoms with van der Waals surface area (Å²) in [5, 5.41) is 34.2. The van der Waals surface area contributed by atoms with Gasteiger partial charge in [-0.15, -0.1) is 0 Å². The number of phenols is 2. The zero-order valence-corrected chi connectivity index (χ0v) is 16.7. The first kappa shape index (κ1) is 23.6. The van der Waals surface area contributed by atoms with Crippen LogP contribution in [0.2, 0.25) is 0 Å². The molecular formula is C18H26N2O7S. The molecule has 1 atom stereocenters. The highest BCUT2D eigenvalue weighted by atomic mass is 32.1. The Kier molecular flexibility index (Phi) is 9.07. The number of carbonyl (C=O) groups is 3. The number of aromatic hydroxyl groups is 2. The van der Waals surface area contributed by atoms with E-state index in [1.165, 1.54) is 26.0 Å². The van der Waals surface area contributed by atoms with Crippen molar-refractivity contribution < 1.29 is 34.4 Å². The van der Waals surface area contributed by atoms with E-state index in [1.54, 1.807) is 0 Å². The Hall–Kier alpha value is -2.46. The fourth-order valence-electron chi connectivity index (χ4n) is 2.14. The molecule has 1 aromatic carbocycles. The molecule has 2 amide bonds. The van der Waals surface area contributed by atoms with E-state index in [9.17, 15) is 29.7 Å². The van der Waals surface area contributed by atoms with Crippen LogP contribution >= 0.6 is 12.6 Å². The smallest absolute Gasteiger partial charge is 0.341 e. The molecule has 0 fully saturated rings. The van der Waals surface area contributed by atoms with Crippen molar-refractivity contribution in [2.24, 2.45) is 5.41 Å². The van der Waals surface area contributed by atoms with Crippen LogP contribution in [0.4, 0.5) is 0 Å². The predicted molar refractivity (Wildman–Crippen MR) is 104 cm³/mol. The van der Waals surface area contributed by atoms with Crippen molar-refractivity contribution in [3.8, 4) is 11.5 Å². The number of aliphatic hydroxyl groups is 1. The highest BCUT2D eigenvalue weighted by Gasteiger charge is 2.35. The largest absolute Gasteiger partial charge is 0.508 e. The summed E-state index contributed by atoms with van der Waals surface area (Å²) in [6.45, 7) is 3.23. The van der Waals surface area contributed by atoms with E-state index < -0.39 is 29.1 Å². The topological polar surface area (TPSA) is 145 Å². The Morgan fingerprint density at radius 1 is 1.18 bits per heavy atom. The van der Waals surface area contributed by atoms with Gasteiger partial charge in [-0.25, -0.2) is 4.79 Å². The van der Waals surface area contributed by atoms with Crippen LogP contribution in [0.5, 0.6) is 11.5 Å². The van der Waals surface area contributed by atoms with Gasteiger partial charge in [0.15, 0.2) is 0 Å². The van der Waals surface area contributed by atoms with Gasteiger partial charge in [-0.3, -0.25) is 9.59 Å². The Bertz CT molecular complexity index is 709. The van der Waals surface area contributed by atoms with Gasteiger partial charge in [0.05, 0.1) is 6.61 Å². The van der Waals surface area contributed by atoms with Gasteiger partial charge >= 0.3 is 5.97 Å². The molecule has 10 heteroatoms. The number of amides is 2. The molecule has 0 aliphatic rings. The maximum absolute atomic E-state index is 12.1. The van der Waals surface area contributed by atoms with E-state index in [0.29, 0.717) is 12.3 Å². The lowest BCUT2D eigenvalue weighted by Gasteiger charge is -2.29. The first-order valence-corrected chi connectivity index (χ1v) is 9.24. The number of hydrogen-bond donors (Lipinski definition) is 6. The zero-order valence-electron chi connectivity index (χ0n) is 15.8. The average molecular weight is 414 g/mol. The van der Waals surface area contributed by atoms with E-state index >= 15 is 0 Å². The summed E-state index contributed by atoms with van der Waals surface area (Å²) < 4.78 is 5.08. The molecule has 0 saturated carbocycles. The fraction of sp³-hybridized carbons (Fsp3) is 0.500. The minimum atomic E-state index is -1.49. The van der Waals surface area contributed by atoms with E-state index in [1.807, 2.05) is 0 Å². The zero-order chi connectivity index (χ0) is 21.3. The van der Waals surface area contributed by atoms with Gasteiger partial charge in [0.2, 0.25) is 11.8 Å². The van der Waals surface area contributed by atoms with Crippen LogP contribution in [0.1, 0.15) is 30.6 Å². The fourth-order valence-corrected chi connectivity index (χ4v) is 2.25. The Morgan fingerprint density at radius 3 is 2.46 bits per heavy atom. The van der Waals surface area contributed by atoms with Crippen LogP contribution in [0.15, 0.2) is 18.2 Å². The number of phenolic OH excluding ortho intramolecular Hbond substituents is 2. The van der Waals surface area contributed by atoms with Crippen LogP contribution in [0.3, 0.4) is 0 Å². The number of benzene rings is 1. The molecule has 0 aliphatic heterocycles.